The van der Waals surface area contributed by atoms with Crippen molar-refractivity contribution < 1.29 is 13.2 Å². The molecule has 0 heterocycles. The Hall–Kier alpha value is -2.34. The van der Waals surface area contributed by atoms with E-state index in [1.165, 1.54) is 4.31 Å². The molecule has 0 saturated heterocycles. The third-order valence-electron chi connectivity index (χ3n) is 4.50. The van der Waals surface area contributed by atoms with Gasteiger partial charge in [0.05, 0.1) is 11.9 Å². The summed E-state index contributed by atoms with van der Waals surface area (Å²) in [6.45, 7) is 9.31. The summed E-state index contributed by atoms with van der Waals surface area (Å²) in [7, 11) is -3.64. The first-order chi connectivity index (χ1) is 12.9. The van der Waals surface area contributed by atoms with Crippen LogP contribution < -0.4 is 9.62 Å². The van der Waals surface area contributed by atoms with Gasteiger partial charge >= 0.3 is 0 Å². The zero-order valence-electron chi connectivity index (χ0n) is 17.5. The number of hydrogen-bond donors (Lipinski definition) is 1. The van der Waals surface area contributed by atoms with Crippen LogP contribution in [0.5, 0.6) is 0 Å². The van der Waals surface area contributed by atoms with E-state index in [2.05, 4.69) is 5.32 Å². The van der Waals surface area contributed by atoms with Crippen LogP contribution in [0.1, 0.15) is 37.5 Å². The fourth-order valence-corrected chi connectivity index (χ4v) is 4.63. The van der Waals surface area contributed by atoms with E-state index >= 15 is 0 Å². The molecular formula is C22H30N2O3S. The Morgan fingerprint density at radius 3 is 2.11 bits per heavy atom. The Morgan fingerprint density at radius 1 is 1.07 bits per heavy atom. The summed E-state index contributed by atoms with van der Waals surface area (Å²) in [6, 6.07) is 14.6. The quantitative estimate of drug-likeness (QED) is 0.770. The number of hydrogen-bond acceptors (Lipinski definition) is 3. The minimum absolute atomic E-state index is 0.328. The lowest BCUT2D eigenvalue weighted by Gasteiger charge is -2.33. The number of aryl methyl sites for hydroxylation is 2. The number of rotatable bonds is 7. The van der Waals surface area contributed by atoms with Crippen LogP contribution in [0.2, 0.25) is 0 Å². The number of anilines is 1. The second-order valence-corrected chi connectivity index (χ2v) is 9.98. The van der Waals surface area contributed by atoms with Crippen molar-refractivity contribution in [2.75, 3.05) is 10.6 Å². The second-order valence-electron chi connectivity index (χ2n) is 8.12. The Balaban J connectivity index is 2.26. The molecule has 6 heteroatoms. The lowest BCUT2D eigenvalue weighted by molar-refractivity contribution is -0.123. The molecule has 0 aliphatic heterocycles. The zero-order chi connectivity index (χ0) is 21.1. The SMILES string of the molecule is Cc1cc(C)cc(N(C(C)C(=O)NC(C)(C)Cc2ccccc2)S(C)(=O)=O)c1. The Kier molecular flexibility index (Phi) is 6.55. The summed E-state index contributed by atoms with van der Waals surface area (Å²) in [6.07, 6.45) is 1.78. The van der Waals surface area contributed by atoms with E-state index in [-0.39, 0.29) is 5.91 Å². The molecule has 1 atom stereocenters. The number of carbonyl (C=O) groups is 1. The Bertz CT molecular complexity index is 917. The van der Waals surface area contributed by atoms with E-state index in [1.807, 2.05) is 64.1 Å². The fraction of sp³-hybridized carbons (Fsp3) is 0.409. The van der Waals surface area contributed by atoms with Crippen LogP contribution >= 0.6 is 0 Å². The number of carbonyl (C=O) groups excluding carboxylic acids is 1. The van der Waals surface area contributed by atoms with E-state index in [1.54, 1.807) is 19.1 Å². The lowest BCUT2D eigenvalue weighted by atomic mass is 9.94. The first kappa shape index (κ1) is 22.0. The van der Waals surface area contributed by atoms with E-state index in [4.69, 9.17) is 0 Å². The number of nitrogens with zero attached hydrogens (tertiary/aromatic N) is 1. The first-order valence-corrected chi connectivity index (χ1v) is 11.2. The predicted molar refractivity (Wildman–Crippen MR) is 115 cm³/mol. The molecule has 0 aromatic heterocycles. The third-order valence-corrected chi connectivity index (χ3v) is 5.74. The van der Waals surface area contributed by atoms with Crippen LogP contribution in [0.15, 0.2) is 48.5 Å². The van der Waals surface area contributed by atoms with Crippen molar-refractivity contribution in [1.82, 2.24) is 5.32 Å². The maximum absolute atomic E-state index is 13.0. The van der Waals surface area contributed by atoms with Gasteiger partial charge in [-0.2, -0.15) is 0 Å². The maximum atomic E-state index is 13.0. The van der Waals surface area contributed by atoms with Gasteiger partial charge in [0.15, 0.2) is 0 Å². The van der Waals surface area contributed by atoms with Gasteiger partial charge in [-0.3, -0.25) is 9.10 Å². The van der Waals surface area contributed by atoms with Crippen LogP contribution in [-0.2, 0) is 21.2 Å². The molecule has 0 aliphatic rings. The van der Waals surface area contributed by atoms with Crippen LogP contribution in [0.25, 0.3) is 0 Å². The van der Waals surface area contributed by atoms with Gasteiger partial charge < -0.3 is 5.32 Å². The average Bonchev–Trinajstić information content (AvgIpc) is 2.52. The van der Waals surface area contributed by atoms with Gasteiger partial charge in [-0.15, -0.1) is 0 Å². The van der Waals surface area contributed by atoms with E-state index < -0.39 is 21.6 Å². The summed E-state index contributed by atoms with van der Waals surface area (Å²) in [5.41, 5.74) is 2.98. The van der Waals surface area contributed by atoms with Gasteiger partial charge in [0.1, 0.15) is 6.04 Å². The third kappa shape index (κ3) is 5.83. The topological polar surface area (TPSA) is 66.5 Å². The van der Waals surface area contributed by atoms with Crippen molar-refractivity contribution in [3.63, 3.8) is 0 Å². The summed E-state index contributed by atoms with van der Waals surface area (Å²) in [5.74, 6) is -0.328. The van der Waals surface area contributed by atoms with Crippen molar-refractivity contribution in [3.8, 4) is 0 Å². The molecular weight excluding hydrogens is 372 g/mol. The van der Waals surface area contributed by atoms with Crippen molar-refractivity contribution >= 4 is 21.6 Å². The first-order valence-electron chi connectivity index (χ1n) is 9.33. The highest BCUT2D eigenvalue weighted by Gasteiger charge is 2.32. The molecule has 1 amide bonds. The molecule has 2 rings (SSSR count). The highest BCUT2D eigenvalue weighted by Crippen LogP contribution is 2.24. The molecule has 0 aliphatic carbocycles. The summed E-state index contributed by atoms with van der Waals surface area (Å²) in [4.78, 5) is 13.0. The molecule has 0 saturated carbocycles. The molecule has 0 fully saturated rings. The van der Waals surface area contributed by atoms with Crippen LogP contribution in [0.4, 0.5) is 5.69 Å². The van der Waals surface area contributed by atoms with E-state index in [0.29, 0.717) is 12.1 Å². The normalized spacial score (nSPS) is 13.1. The maximum Gasteiger partial charge on any atom is 0.244 e. The van der Waals surface area contributed by atoms with E-state index in [9.17, 15) is 13.2 Å². The number of nitrogens with one attached hydrogen (secondary N) is 1. The monoisotopic (exact) mass is 402 g/mol. The van der Waals surface area contributed by atoms with Crippen molar-refractivity contribution in [1.29, 1.82) is 0 Å². The number of amides is 1. The van der Waals surface area contributed by atoms with Crippen LogP contribution in [-0.4, -0.2) is 32.2 Å². The summed E-state index contributed by atoms with van der Waals surface area (Å²) in [5, 5.41) is 3.01. The minimum Gasteiger partial charge on any atom is -0.349 e. The molecule has 5 nitrogen and oxygen atoms in total. The lowest BCUT2D eigenvalue weighted by Crippen LogP contribution is -2.54. The molecule has 28 heavy (non-hydrogen) atoms. The average molecular weight is 403 g/mol. The highest BCUT2D eigenvalue weighted by atomic mass is 32.2. The Labute approximate surface area is 168 Å². The van der Waals surface area contributed by atoms with Crippen molar-refractivity contribution in [2.45, 2.75) is 52.6 Å². The smallest absolute Gasteiger partial charge is 0.244 e. The molecule has 0 spiro atoms. The molecule has 0 bridgehead atoms. The molecule has 1 N–H and O–H groups in total. The standard InChI is InChI=1S/C22H30N2O3S/c1-16-12-17(2)14-20(13-16)24(28(6,26)27)18(3)21(25)23-22(4,5)15-19-10-8-7-9-11-19/h7-14,18H,15H2,1-6H3,(H,23,25). The minimum atomic E-state index is -3.64. The van der Waals surface area contributed by atoms with Gasteiger partial charge in [-0.1, -0.05) is 36.4 Å². The van der Waals surface area contributed by atoms with Crippen LogP contribution in [0.3, 0.4) is 0 Å². The molecule has 1 unspecified atom stereocenters. The Morgan fingerprint density at radius 2 is 1.61 bits per heavy atom. The molecule has 2 aromatic carbocycles. The van der Waals surface area contributed by atoms with E-state index in [0.717, 1.165) is 22.9 Å². The predicted octanol–water partition coefficient (Wildman–Crippen LogP) is 3.60. The van der Waals surface area contributed by atoms with Gasteiger partial charge in [-0.25, -0.2) is 8.42 Å². The van der Waals surface area contributed by atoms with Crippen LogP contribution in [0, 0.1) is 13.8 Å². The summed E-state index contributed by atoms with van der Waals surface area (Å²) >= 11 is 0. The van der Waals surface area contributed by atoms with Crippen molar-refractivity contribution in [3.05, 3.63) is 65.2 Å². The van der Waals surface area contributed by atoms with Gasteiger partial charge in [-0.05, 0) is 69.9 Å². The fourth-order valence-electron chi connectivity index (χ4n) is 3.48. The van der Waals surface area contributed by atoms with Gasteiger partial charge in [0.2, 0.25) is 15.9 Å². The molecule has 0 radical (unpaired) electrons. The zero-order valence-corrected chi connectivity index (χ0v) is 18.3. The number of benzene rings is 2. The number of sulfonamides is 1. The van der Waals surface area contributed by atoms with Crippen molar-refractivity contribution in [2.24, 2.45) is 0 Å². The molecule has 152 valence electrons. The van der Waals surface area contributed by atoms with Gasteiger partial charge in [0.25, 0.3) is 0 Å². The second kappa shape index (κ2) is 8.35. The highest BCUT2D eigenvalue weighted by molar-refractivity contribution is 7.92. The largest absolute Gasteiger partial charge is 0.349 e. The summed E-state index contributed by atoms with van der Waals surface area (Å²) < 4.78 is 26.2. The van der Waals surface area contributed by atoms with Gasteiger partial charge in [0, 0.05) is 5.54 Å². The molecule has 2 aromatic rings.